The summed E-state index contributed by atoms with van der Waals surface area (Å²) in [6.07, 6.45) is -0.562. The Bertz CT molecular complexity index is 571. The lowest BCUT2D eigenvalue weighted by Crippen LogP contribution is -2.21. The Kier molecular flexibility index (Phi) is 3.85. The lowest BCUT2D eigenvalue weighted by Gasteiger charge is -2.13. The van der Waals surface area contributed by atoms with E-state index >= 15 is 0 Å². The average molecular weight is 271 g/mol. The number of hydrogen-bond acceptors (Lipinski definition) is 4. The van der Waals surface area contributed by atoms with E-state index in [9.17, 15) is 5.11 Å². The van der Waals surface area contributed by atoms with Gasteiger partial charge in [0.25, 0.3) is 0 Å². The first-order valence-electron chi connectivity index (χ1n) is 6.65. The number of nitrogens with one attached hydrogen (secondary N) is 1. The van der Waals surface area contributed by atoms with Gasteiger partial charge in [0.2, 0.25) is 6.79 Å². The predicted molar refractivity (Wildman–Crippen MR) is 75.7 cm³/mol. The van der Waals surface area contributed by atoms with Gasteiger partial charge in [-0.2, -0.15) is 0 Å². The second kappa shape index (κ2) is 5.94. The topological polar surface area (TPSA) is 50.7 Å². The van der Waals surface area contributed by atoms with Crippen molar-refractivity contribution in [2.24, 2.45) is 0 Å². The third kappa shape index (κ3) is 2.92. The average Bonchev–Trinajstić information content (AvgIpc) is 2.95. The van der Waals surface area contributed by atoms with E-state index in [0.29, 0.717) is 12.3 Å². The largest absolute Gasteiger partial charge is 0.454 e. The van der Waals surface area contributed by atoms with Gasteiger partial charge in [0.05, 0.1) is 6.10 Å². The summed E-state index contributed by atoms with van der Waals surface area (Å²) in [7, 11) is 0. The molecule has 0 fully saturated rings. The smallest absolute Gasteiger partial charge is 0.231 e. The van der Waals surface area contributed by atoms with Gasteiger partial charge in [0.1, 0.15) is 0 Å². The molecule has 2 aromatic carbocycles. The molecule has 20 heavy (non-hydrogen) atoms. The molecule has 0 aromatic heterocycles. The van der Waals surface area contributed by atoms with E-state index in [0.717, 1.165) is 17.9 Å². The van der Waals surface area contributed by atoms with Gasteiger partial charge in [-0.3, -0.25) is 0 Å². The summed E-state index contributed by atoms with van der Waals surface area (Å²) in [4.78, 5) is 0. The molecule has 4 heteroatoms. The van der Waals surface area contributed by atoms with Crippen LogP contribution in [-0.4, -0.2) is 18.4 Å². The Labute approximate surface area is 118 Å². The maximum Gasteiger partial charge on any atom is 0.231 e. The van der Waals surface area contributed by atoms with Crippen LogP contribution in [0.5, 0.6) is 11.5 Å². The first-order valence-corrected chi connectivity index (χ1v) is 6.65. The molecule has 1 heterocycles. The van der Waals surface area contributed by atoms with Crippen LogP contribution in [0.2, 0.25) is 0 Å². The van der Waals surface area contributed by atoms with Crippen molar-refractivity contribution < 1.29 is 14.6 Å². The third-order valence-corrected chi connectivity index (χ3v) is 3.29. The van der Waals surface area contributed by atoms with Crippen LogP contribution in [0, 0.1) is 0 Å². The fraction of sp³-hybridized carbons (Fsp3) is 0.250. The Morgan fingerprint density at radius 2 is 1.85 bits per heavy atom. The van der Waals surface area contributed by atoms with Gasteiger partial charge < -0.3 is 19.9 Å². The zero-order valence-corrected chi connectivity index (χ0v) is 11.1. The highest BCUT2D eigenvalue weighted by atomic mass is 16.7. The zero-order chi connectivity index (χ0) is 13.8. The van der Waals surface area contributed by atoms with E-state index in [4.69, 9.17) is 9.47 Å². The molecule has 4 nitrogen and oxygen atoms in total. The van der Waals surface area contributed by atoms with Gasteiger partial charge in [0, 0.05) is 13.1 Å². The summed E-state index contributed by atoms with van der Waals surface area (Å²) in [5, 5.41) is 13.4. The van der Waals surface area contributed by atoms with Crippen LogP contribution in [0.4, 0.5) is 0 Å². The van der Waals surface area contributed by atoms with Gasteiger partial charge in [-0.15, -0.1) is 0 Å². The van der Waals surface area contributed by atoms with E-state index in [-0.39, 0.29) is 6.79 Å². The molecule has 0 saturated carbocycles. The molecule has 0 amide bonds. The summed E-state index contributed by atoms with van der Waals surface area (Å²) < 4.78 is 10.6. The Morgan fingerprint density at radius 1 is 1.05 bits per heavy atom. The SMILES string of the molecule is O[C@H](CNCc1ccccc1)c1ccc2c(c1)OCO2. The minimum Gasteiger partial charge on any atom is -0.454 e. The van der Waals surface area contributed by atoms with E-state index in [1.165, 1.54) is 5.56 Å². The molecule has 1 aliphatic heterocycles. The molecule has 104 valence electrons. The quantitative estimate of drug-likeness (QED) is 0.875. The minimum absolute atomic E-state index is 0.251. The summed E-state index contributed by atoms with van der Waals surface area (Å²) in [6.45, 7) is 1.48. The number of hydrogen-bond donors (Lipinski definition) is 2. The third-order valence-electron chi connectivity index (χ3n) is 3.29. The van der Waals surface area contributed by atoms with Crippen molar-refractivity contribution in [3.8, 4) is 11.5 Å². The molecular formula is C16H17NO3. The van der Waals surface area contributed by atoms with Crippen molar-refractivity contribution >= 4 is 0 Å². The van der Waals surface area contributed by atoms with Crippen LogP contribution < -0.4 is 14.8 Å². The molecule has 1 aliphatic rings. The fourth-order valence-corrected chi connectivity index (χ4v) is 2.19. The van der Waals surface area contributed by atoms with Gasteiger partial charge in [0.15, 0.2) is 11.5 Å². The molecule has 0 bridgehead atoms. The molecule has 0 radical (unpaired) electrons. The molecule has 1 atom stereocenters. The highest BCUT2D eigenvalue weighted by Crippen LogP contribution is 2.34. The van der Waals surface area contributed by atoms with Crippen LogP contribution >= 0.6 is 0 Å². The maximum atomic E-state index is 10.2. The molecule has 0 aliphatic carbocycles. The first-order chi connectivity index (χ1) is 9.83. The highest BCUT2D eigenvalue weighted by Gasteiger charge is 2.16. The van der Waals surface area contributed by atoms with Crippen LogP contribution in [0.1, 0.15) is 17.2 Å². The monoisotopic (exact) mass is 271 g/mol. The van der Waals surface area contributed by atoms with Crippen molar-refractivity contribution in [3.05, 3.63) is 59.7 Å². The van der Waals surface area contributed by atoms with Gasteiger partial charge in [-0.1, -0.05) is 36.4 Å². The van der Waals surface area contributed by atoms with Gasteiger partial charge in [-0.05, 0) is 23.3 Å². The lowest BCUT2D eigenvalue weighted by molar-refractivity contribution is 0.170. The lowest BCUT2D eigenvalue weighted by atomic mass is 10.1. The number of rotatable bonds is 5. The second-order valence-corrected chi connectivity index (χ2v) is 4.74. The van der Waals surface area contributed by atoms with Crippen LogP contribution in [-0.2, 0) is 6.54 Å². The fourth-order valence-electron chi connectivity index (χ4n) is 2.19. The van der Waals surface area contributed by atoms with E-state index < -0.39 is 6.10 Å². The Hall–Kier alpha value is -2.04. The molecule has 3 rings (SSSR count). The summed E-state index contributed by atoms with van der Waals surface area (Å²) >= 11 is 0. The molecule has 0 saturated heterocycles. The van der Waals surface area contributed by atoms with Crippen molar-refractivity contribution in [1.82, 2.24) is 5.32 Å². The number of benzene rings is 2. The van der Waals surface area contributed by atoms with Crippen molar-refractivity contribution in [1.29, 1.82) is 0 Å². The van der Waals surface area contributed by atoms with Crippen LogP contribution in [0.15, 0.2) is 48.5 Å². The number of aliphatic hydroxyl groups is 1. The second-order valence-electron chi connectivity index (χ2n) is 4.74. The normalized spacial score (nSPS) is 14.2. The predicted octanol–water partition coefficient (Wildman–Crippen LogP) is 2.24. The summed E-state index contributed by atoms with van der Waals surface area (Å²) in [5.41, 5.74) is 2.03. The minimum atomic E-state index is -0.562. The summed E-state index contributed by atoms with van der Waals surface area (Å²) in [5.74, 6) is 1.43. The Morgan fingerprint density at radius 3 is 2.70 bits per heavy atom. The molecule has 2 N–H and O–H groups in total. The molecular weight excluding hydrogens is 254 g/mol. The molecule has 0 unspecified atom stereocenters. The van der Waals surface area contributed by atoms with Crippen molar-refractivity contribution in [2.45, 2.75) is 12.6 Å². The zero-order valence-electron chi connectivity index (χ0n) is 11.1. The van der Waals surface area contributed by atoms with Crippen LogP contribution in [0.25, 0.3) is 0 Å². The first kappa shape index (κ1) is 13.0. The van der Waals surface area contributed by atoms with Gasteiger partial charge in [-0.25, -0.2) is 0 Å². The van der Waals surface area contributed by atoms with E-state index in [1.807, 2.05) is 36.4 Å². The van der Waals surface area contributed by atoms with Crippen molar-refractivity contribution in [3.63, 3.8) is 0 Å². The summed E-state index contributed by atoms with van der Waals surface area (Å²) in [6, 6.07) is 15.6. The molecule has 2 aromatic rings. The van der Waals surface area contributed by atoms with Crippen molar-refractivity contribution in [2.75, 3.05) is 13.3 Å². The molecule has 0 spiro atoms. The van der Waals surface area contributed by atoms with Gasteiger partial charge >= 0.3 is 0 Å². The highest BCUT2D eigenvalue weighted by molar-refractivity contribution is 5.45. The maximum absolute atomic E-state index is 10.2. The number of ether oxygens (including phenoxy) is 2. The van der Waals surface area contributed by atoms with Crippen LogP contribution in [0.3, 0.4) is 0 Å². The van der Waals surface area contributed by atoms with E-state index in [2.05, 4.69) is 17.4 Å². The number of aliphatic hydroxyl groups excluding tert-OH is 1. The van der Waals surface area contributed by atoms with E-state index in [1.54, 1.807) is 0 Å². The standard InChI is InChI=1S/C16H17NO3/c18-14(10-17-9-12-4-2-1-3-5-12)13-6-7-15-16(8-13)20-11-19-15/h1-8,14,17-18H,9-11H2/t14-/m1/s1. The Balaban J connectivity index is 1.55. The number of fused-ring (bicyclic) bond motifs is 1.